The average molecular weight is 184 g/mol. The highest BCUT2D eigenvalue weighted by atomic mass is 14.1. The number of hydrogen-bond acceptors (Lipinski definition) is 0. The molecule has 0 spiro atoms. The maximum absolute atomic E-state index is 2.25. The molecule has 2 aromatic rings. The molecule has 2 aromatic carbocycles. The predicted octanol–water partition coefficient (Wildman–Crippen LogP) is 4.10. The molecule has 0 aliphatic heterocycles. The summed E-state index contributed by atoms with van der Waals surface area (Å²) in [5, 5.41) is 2.83. The first-order chi connectivity index (χ1) is 6.83. The summed E-state index contributed by atoms with van der Waals surface area (Å²) < 4.78 is 0. The van der Waals surface area contributed by atoms with Gasteiger partial charge >= 0.3 is 0 Å². The van der Waals surface area contributed by atoms with Gasteiger partial charge in [0.1, 0.15) is 0 Å². The third-order valence-electron chi connectivity index (χ3n) is 2.72. The first-order valence-electron chi connectivity index (χ1n) is 5.30. The van der Waals surface area contributed by atoms with Gasteiger partial charge in [0.25, 0.3) is 0 Å². The fourth-order valence-electron chi connectivity index (χ4n) is 2.10. The van der Waals surface area contributed by atoms with Crippen LogP contribution >= 0.6 is 0 Å². The summed E-state index contributed by atoms with van der Waals surface area (Å²) in [6, 6.07) is 13.1. The molecule has 0 fully saturated rings. The molecule has 0 N–H and O–H groups in total. The summed E-state index contributed by atoms with van der Waals surface area (Å²) in [4.78, 5) is 0. The van der Waals surface area contributed by atoms with Gasteiger partial charge in [-0.1, -0.05) is 49.7 Å². The van der Waals surface area contributed by atoms with E-state index in [1.165, 1.54) is 34.7 Å². The van der Waals surface area contributed by atoms with Gasteiger partial charge in [-0.3, -0.25) is 0 Å². The van der Waals surface area contributed by atoms with Crippen molar-refractivity contribution in [1.82, 2.24) is 0 Å². The molecule has 0 nitrogen and oxygen atoms in total. The van der Waals surface area contributed by atoms with Crippen molar-refractivity contribution in [3.63, 3.8) is 0 Å². The maximum Gasteiger partial charge on any atom is -0.0123 e. The van der Waals surface area contributed by atoms with Crippen molar-refractivity contribution >= 4 is 10.8 Å². The molecule has 0 aliphatic carbocycles. The van der Waals surface area contributed by atoms with Crippen molar-refractivity contribution in [3.8, 4) is 0 Å². The van der Waals surface area contributed by atoms with E-state index < -0.39 is 0 Å². The van der Waals surface area contributed by atoms with Gasteiger partial charge in [0.2, 0.25) is 0 Å². The summed E-state index contributed by atoms with van der Waals surface area (Å²) >= 11 is 0. The van der Waals surface area contributed by atoms with Gasteiger partial charge in [-0.25, -0.2) is 0 Å². The largest absolute Gasteiger partial charge is 0.0651 e. The average Bonchev–Trinajstić information content (AvgIpc) is 2.19. The molecular weight excluding hydrogens is 168 g/mol. The number of aryl methyl sites for hydroxylation is 2. The van der Waals surface area contributed by atoms with Crippen molar-refractivity contribution in [1.29, 1.82) is 0 Å². The number of fused-ring (bicyclic) bond motifs is 1. The highest BCUT2D eigenvalue weighted by Gasteiger charge is 2.01. The second-order valence-corrected chi connectivity index (χ2v) is 3.84. The highest BCUT2D eigenvalue weighted by Crippen LogP contribution is 2.23. The second kappa shape index (κ2) is 3.83. The fraction of sp³-hybridized carbons (Fsp3) is 0.286. The highest BCUT2D eigenvalue weighted by molar-refractivity contribution is 5.88. The normalized spacial score (nSPS) is 10.7. The van der Waals surface area contributed by atoms with Crippen molar-refractivity contribution in [2.75, 3.05) is 0 Å². The van der Waals surface area contributed by atoms with Gasteiger partial charge in [0, 0.05) is 0 Å². The minimum absolute atomic E-state index is 1.18. The van der Waals surface area contributed by atoms with Crippen molar-refractivity contribution < 1.29 is 0 Å². The van der Waals surface area contributed by atoms with Gasteiger partial charge in [0.05, 0.1) is 0 Å². The molecule has 2 rings (SSSR count). The minimum Gasteiger partial charge on any atom is -0.0651 e. The molecule has 0 unspecified atom stereocenters. The van der Waals surface area contributed by atoms with Crippen LogP contribution < -0.4 is 0 Å². The van der Waals surface area contributed by atoms with E-state index in [9.17, 15) is 0 Å². The summed E-state index contributed by atoms with van der Waals surface area (Å²) in [7, 11) is 0. The first-order valence-corrected chi connectivity index (χ1v) is 5.30. The Morgan fingerprint density at radius 1 is 1.00 bits per heavy atom. The molecule has 0 heterocycles. The quantitative estimate of drug-likeness (QED) is 0.659. The third kappa shape index (κ3) is 1.52. The molecule has 0 aromatic heterocycles. The van der Waals surface area contributed by atoms with Gasteiger partial charge in [-0.2, -0.15) is 0 Å². The second-order valence-electron chi connectivity index (χ2n) is 3.84. The Hall–Kier alpha value is -1.30. The molecular formula is C14H16. The van der Waals surface area contributed by atoms with Crippen molar-refractivity contribution in [2.45, 2.75) is 26.7 Å². The Bertz CT molecular complexity index is 435. The predicted molar refractivity (Wildman–Crippen MR) is 62.7 cm³/mol. The standard InChI is InChI=1S/C14H16/c1-3-6-12-9-5-10-13-8-4-7-11(2)14(12)13/h4-5,7-10H,3,6H2,1-2H3. The number of hydrogen-bond donors (Lipinski definition) is 0. The molecule has 0 saturated carbocycles. The third-order valence-corrected chi connectivity index (χ3v) is 2.72. The van der Waals surface area contributed by atoms with Crippen molar-refractivity contribution in [3.05, 3.63) is 47.5 Å². The van der Waals surface area contributed by atoms with E-state index >= 15 is 0 Å². The monoisotopic (exact) mass is 184 g/mol. The van der Waals surface area contributed by atoms with E-state index in [2.05, 4.69) is 50.2 Å². The Kier molecular flexibility index (Phi) is 2.53. The van der Waals surface area contributed by atoms with Crippen LogP contribution in [0.4, 0.5) is 0 Å². The minimum atomic E-state index is 1.18. The van der Waals surface area contributed by atoms with Crippen molar-refractivity contribution in [2.24, 2.45) is 0 Å². The summed E-state index contributed by atoms with van der Waals surface area (Å²) in [6.07, 6.45) is 2.40. The summed E-state index contributed by atoms with van der Waals surface area (Å²) in [5.74, 6) is 0. The molecule has 0 bridgehead atoms. The van der Waals surface area contributed by atoms with Crippen LogP contribution in [-0.2, 0) is 6.42 Å². The molecule has 14 heavy (non-hydrogen) atoms. The number of benzene rings is 2. The Morgan fingerprint density at radius 3 is 2.43 bits per heavy atom. The van der Waals surface area contributed by atoms with E-state index in [0.717, 1.165) is 0 Å². The zero-order chi connectivity index (χ0) is 9.97. The van der Waals surface area contributed by atoms with Crippen LogP contribution in [0.3, 0.4) is 0 Å². The fourth-order valence-corrected chi connectivity index (χ4v) is 2.10. The van der Waals surface area contributed by atoms with E-state index in [0.29, 0.717) is 0 Å². The zero-order valence-electron chi connectivity index (χ0n) is 8.88. The van der Waals surface area contributed by atoms with Gasteiger partial charge in [-0.05, 0) is 35.2 Å². The van der Waals surface area contributed by atoms with Gasteiger partial charge in [-0.15, -0.1) is 0 Å². The molecule has 0 saturated heterocycles. The summed E-state index contributed by atoms with van der Waals surface area (Å²) in [6.45, 7) is 4.43. The van der Waals surface area contributed by atoms with Crippen LogP contribution in [-0.4, -0.2) is 0 Å². The van der Waals surface area contributed by atoms with E-state index in [1.807, 2.05) is 0 Å². The first kappa shape index (κ1) is 9.26. The molecule has 72 valence electrons. The summed E-state index contributed by atoms with van der Waals surface area (Å²) in [5.41, 5.74) is 2.88. The van der Waals surface area contributed by atoms with Crippen LogP contribution in [0.15, 0.2) is 36.4 Å². The van der Waals surface area contributed by atoms with Gasteiger partial charge < -0.3 is 0 Å². The molecule has 0 radical (unpaired) electrons. The lowest BCUT2D eigenvalue weighted by Gasteiger charge is -2.07. The molecule has 0 amide bonds. The Balaban J connectivity index is 2.71. The SMILES string of the molecule is CCCc1cccc2cccc(C)c12. The molecule has 0 atom stereocenters. The lowest BCUT2D eigenvalue weighted by atomic mass is 9.97. The molecule has 0 aliphatic rings. The topological polar surface area (TPSA) is 0 Å². The number of rotatable bonds is 2. The van der Waals surface area contributed by atoms with Crippen LogP contribution in [0.1, 0.15) is 24.5 Å². The molecule has 0 heteroatoms. The van der Waals surface area contributed by atoms with Crippen LogP contribution in [0.25, 0.3) is 10.8 Å². The Morgan fingerprint density at radius 2 is 1.71 bits per heavy atom. The lowest BCUT2D eigenvalue weighted by Crippen LogP contribution is -1.88. The van der Waals surface area contributed by atoms with Gasteiger partial charge in [0.15, 0.2) is 0 Å². The van der Waals surface area contributed by atoms with Crippen LogP contribution in [0.5, 0.6) is 0 Å². The van der Waals surface area contributed by atoms with Crippen LogP contribution in [0.2, 0.25) is 0 Å². The van der Waals surface area contributed by atoms with Crippen LogP contribution in [0, 0.1) is 6.92 Å². The maximum atomic E-state index is 2.25. The smallest absolute Gasteiger partial charge is 0.0123 e. The van der Waals surface area contributed by atoms with E-state index in [4.69, 9.17) is 0 Å². The van der Waals surface area contributed by atoms with E-state index in [1.54, 1.807) is 0 Å². The zero-order valence-corrected chi connectivity index (χ0v) is 8.88. The van der Waals surface area contributed by atoms with E-state index in [-0.39, 0.29) is 0 Å². The Labute approximate surface area is 85.6 Å². The lowest BCUT2D eigenvalue weighted by molar-refractivity contribution is 0.929.